The summed E-state index contributed by atoms with van der Waals surface area (Å²) in [6, 6.07) is 5.63. The number of hydrogen-bond donors (Lipinski definition) is 0. The topological polar surface area (TPSA) is 68.7 Å². The third-order valence-corrected chi connectivity index (χ3v) is 6.03. The highest BCUT2D eigenvalue weighted by Gasteiger charge is 2.31. The van der Waals surface area contributed by atoms with Crippen molar-refractivity contribution >= 4 is 40.8 Å². The normalized spacial score (nSPS) is 14.0. The highest BCUT2D eigenvalue weighted by Crippen LogP contribution is 2.36. The van der Waals surface area contributed by atoms with E-state index in [2.05, 4.69) is 17.5 Å². The van der Waals surface area contributed by atoms with Crippen LogP contribution in [-0.2, 0) is 20.9 Å². The van der Waals surface area contributed by atoms with Gasteiger partial charge in [-0.25, -0.2) is 14.2 Å². The van der Waals surface area contributed by atoms with E-state index in [9.17, 15) is 9.59 Å². The van der Waals surface area contributed by atoms with Crippen molar-refractivity contribution in [3.63, 3.8) is 0 Å². The molecule has 1 heterocycles. The molecule has 0 bridgehead atoms. The molecule has 188 valence electrons. The SMILES string of the molecule is C#CC(C)Oc1cc(N(Cc2ccc(Cl)nc2)C(=O)C2=C(C(=O)OCC=C)CCCC2)c(F)cc1Cl. The van der Waals surface area contributed by atoms with Crippen molar-refractivity contribution in [2.75, 3.05) is 11.5 Å². The largest absolute Gasteiger partial charge is 0.476 e. The molecule has 0 N–H and O–H groups in total. The zero-order valence-corrected chi connectivity index (χ0v) is 21.2. The van der Waals surface area contributed by atoms with Crippen molar-refractivity contribution in [3.8, 4) is 18.1 Å². The van der Waals surface area contributed by atoms with E-state index in [4.69, 9.17) is 39.1 Å². The van der Waals surface area contributed by atoms with Crippen molar-refractivity contribution in [1.82, 2.24) is 4.98 Å². The number of carbonyl (C=O) groups excluding carboxylic acids is 2. The van der Waals surface area contributed by atoms with Crippen molar-refractivity contribution < 1.29 is 23.5 Å². The van der Waals surface area contributed by atoms with Gasteiger partial charge in [0.25, 0.3) is 5.91 Å². The van der Waals surface area contributed by atoms with Gasteiger partial charge in [0.05, 0.1) is 17.3 Å². The smallest absolute Gasteiger partial charge is 0.334 e. The van der Waals surface area contributed by atoms with Crippen molar-refractivity contribution in [1.29, 1.82) is 0 Å². The Bertz CT molecular complexity index is 1220. The number of esters is 1. The van der Waals surface area contributed by atoms with Gasteiger partial charge in [0, 0.05) is 23.4 Å². The molecule has 0 spiro atoms. The zero-order chi connectivity index (χ0) is 26.2. The van der Waals surface area contributed by atoms with Gasteiger partial charge >= 0.3 is 5.97 Å². The fourth-order valence-corrected chi connectivity index (χ4v) is 4.05. The van der Waals surface area contributed by atoms with E-state index in [-0.39, 0.29) is 45.9 Å². The fourth-order valence-electron chi connectivity index (χ4n) is 3.74. The second-order valence-electron chi connectivity index (χ2n) is 8.09. The highest BCUT2D eigenvalue weighted by atomic mass is 35.5. The number of terminal acetylenes is 1. The van der Waals surface area contributed by atoms with Crippen LogP contribution in [0.5, 0.6) is 5.75 Å². The predicted molar refractivity (Wildman–Crippen MR) is 137 cm³/mol. The van der Waals surface area contributed by atoms with Crippen LogP contribution in [0.25, 0.3) is 0 Å². The minimum absolute atomic E-state index is 0.00415. The number of benzene rings is 1. The van der Waals surface area contributed by atoms with Crippen LogP contribution in [0.1, 0.15) is 38.2 Å². The van der Waals surface area contributed by atoms with E-state index in [0.29, 0.717) is 24.8 Å². The third-order valence-electron chi connectivity index (χ3n) is 5.51. The number of amides is 1. The van der Waals surface area contributed by atoms with E-state index in [0.717, 1.165) is 12.5 Å². The van der Waals surface area contributed by atoms with Crippen molar-refractivity contribution in [2.24, 2.45) is 0 Å². The van der Waals surface area contributed by atoms with Crippen LogP contribution < -0.4 is 9.64 Å². The number of rotatable bonds is 9. The minimum Gasteiger partial charge on any atom is -0.476 e. The lowest BCUT2D eigenvalue weighted by Crippen LogP contribution is -2.34. The lowest BCUT2D eigenvalue weighted by Gasteiger charge is -2.28. The first-order valence-electron chi connectivity index (χ1n) is 11.3. The molecule has 1 atom stereocenters. The number of aromatic nitrogens is 1. The van der Waals surface area contributed by atoms with E-state index in [1.807, 2.05) is 0 Å². The Morgan fingerprint density at radius 2 is 2.00 bits per heavy atom. The molecular weight excluding hydrogens is 506 g/mol. The lowest BCUT2D eigenvalue weighted by atomic mass is 9.90. The van der Waals surface area contributed by atoms with Crippen LogP contribution in [-0.4, -0.2) is 29.6 Å². The van der Waals surface area contributed by atoms with Gasteiger partial charge in [-0.05, 0) is 50.3 Å². The van der Waals surface area contributed by atoms with Crippen molar-refractivity contribution in [2.45, 2.75) is 45.3 Å². The Kier molecular flexibility index (Phi) is 9.51. The molecule has 1 aliphatic carbocycles. The average Bonchev–Trinajstić information content (AvgIpc) is 2.88. The van der Waals surface area contributed by atoms with Crippen LogP contribution >= 0.6 is 23.2 Å². The molecule has 0 saturated heterocycles. The summed E-state index contributed by atoms with van der Waals surface area (Å²) in [5.41, 5.74) is 1.05. The van der Waals surface area contributed by atoms with Crippen LogP contribution in [0.4, 0.5) is 10.1 Å². The molecule has 1 amide bonds. The number of hydrogen-bond acceptors (Lipinski definition) is 5. The molecule has 0 saturated carbocycles. The van der Waals surface area contributed by atoms with Crippen LogP contribution in [0.3, 0.4) is 0 Å². The standard InChI is InChI=1S/C27H25Cl2FN2O4/c1-4-12-35-27(34)20-9-7-6-8-19(20)26(33)32(16-18-10-11-25(29)31-15-18)23-14-24(36-17(3)5-2)21(28)13-22(23)30/h2,4,10-11,13-15,17H,1,6-9,12,16H2,3H3. The van der Waals surface area contributed by atoms with Gasteiger partial charge in [0.15, 0.2) is 6.10 Å². The molecule has 1 aliphatic rings. The molecule has 1 aromatic heterocycles. The molecule has 9 heteroatoms. The van der Waals surface area contributed by atoms with E-state index >= 15 is 4.39 Å². The quantitative estimate of drug-likeness (QED) is 0.170. The summed E-state index contributed by atoms with van der Waals surface area (Å²) in [4.78, 5) is 31.9. The molecule has 6 nitrogen and oxygen atoms in total. The average molecular weight is 531 g/mol. The molecule has 1 aromatic carbocycles. The van der Waals surface area contributed by atoms with Gasteiger partial charge < -0.3 is 14.4 Å². The Labute approximate surface area is 219 Å². The van der Waals surface area contributed by atoms with Crippen LogP contribution in [0.2, 0.25) is 10.2 Å². The first kappa shape index (κ1) is 27.3. The second-order valence-corrected chi connectivity index (χ2v) is 8.89. The van der Waals surface area contributed by atoms with E-state index in [1.54, 1.807) is 19.1 Å². The zero-order valence-electron chi connectivity index (χ0n) is 19.7. The summed E-state index contributed by atoms with van der Waals surface area (Å²) in [6.45, 7) is 5.14. The summed E-state index contributed by atoms with van der Waals surface area (Å²) in [7, 11) is 0. The summed E-state index contributed by atoms with van der Waals surface area (Å²) in [5, 5.41) is 0.278. The molecule has 36 heavy (non-hydrogen) atoms. The Morgan fingerprint density at radius 3 is 2.64 bits per heavy atom. The summed E-state index contributed by atoms with van der Waals surface area (Å²) >= 11 is 12.1. The van der Waals surface area contributed by atoms with Gasteiger partial charge in [-0.2, -0.15) is 0 Å². The molecule has 1 unspecified atom stereocenters. The number of ether oxygens (including phenoxy) is 2. The summed E-state index contributed by atoms with van der Waals surface area (Å²) in [6.07, 6.45) is 9.86. The first-order chi connectivity index (χ1) is 17.2. The molecule has 0 radical (unpaired) electrons. The fraction of sp³-hybridized carbons (Fsp3) is 0.296. The van der Waals surface area contributed by atoms with E-state index in [1.165, 1.54) is 23.2 Å². The Hall–Kier alpha value is -3.34. The maximum Gasteiger partial charge on any atom is 0.334 e. The Balaban J connectivity index is 2.11. The van der Waals surface area contributed by atoms with Crippen LogP contribution in [0, 0.1) is 18.2 Å². The second kappa shape index (κ2) is 12.6. The van der Waals surface area contributed by atoms with Crippen LogP contribution in [0.15, 0.2) is 54.3 Å². The monoisotopic (exact) mass is 530 g/mol. The summed E-state index contributed by atoms with van der Waals surface area (Å²) < 4.78 is 26.1. The first-order valence-corrected chi connectivity index (χ1v) is 12.0. The van der Waals surface area contributed by atoms with Gasteiger partial charge in [0.1, 0.15) is 23.3 Å². The Morgan fingerprint density at radius 1 is 1.28 bits per heavy atom. The maximum atomic E-state index is 15.3. The number of anilines is 1. The number of halogens is 3. The molecular formula is C27H25Cl2FN2O4. The van der Waals surface area contributed by atoms with Crippen molar-refractivity contribution in [3.05, 3.63) is 75.8 Å². The van der Waals surface area contributed by atoms with E-state index < -0.39 is 23.8 Å². The third kappa shape index (κ3) is 6.66. The molecule has 0 fully saturated rings. The highest BCUT2D eigenvalue weighted by molar-refractivity contribution is 6.32. The molecule has 0 aliphatic heterocycles. The summed E-state index contributed by atoms with van der Waals surface area (Å²) in [5.74, 6) is 0.666. The number of nitrogens with zero attached hydrogens (tertiary/aromatic N) is 2. The minimum atomic E-state index is -0.747. The lowest BCUT2D eigenvalue weighted by molar-refractivity contribution is -0.138. The molecule has 2 aromatic rings. The molecule has 3 rings (SSSR count). The maximum absolute atomic E-state index is 15.3. The van der Waals surface area contributed by atoms with Gasteiger partial charge in [-0.3, -0.25) is 4.79 Å². The van der Waals surface area contributed by atoms with Gasteiger partial charge in [-0.1, -0.05) is 47.8 Å². The van der Waals surface area contributed by atoms with Gasteiger partial charge in [0.2, 0.25) is 0 Å². The number of carbonyl (C=O) groups is 2. The van der Waals surface area contributed by atoms with Gasteiger partial charge in [-0.15, -0.1) is 6.42 Å². The number of pyridine rings is 1. The predicted octanol–water partition coefficient (Wildman–Crippen LogP) is 6.06.